The molecule has 2 N–H and O–H groups in total. The average molecular weight is 243 g/mol. The normalized spacial score (nSPS) is 25.8. The van der Waals surface area contributed by atoms with Gasteiger partial charge in [0.25, 0.3) is 0 Å². The van der Waals surface area contributed by atoms with Gasteiger partial charge in [-0.25, -0.2) is 0 Å². The van der Waals surface area contributed by atoms with Crippen LogP contribution in [0.15, 0.2) is 0 Å². The summed E-state index contributed by atoms with van der Waals surface area (Å²) in [5, 5.41) is 13.1. The van der Waals surface area contributed by atoms with Crippen molar-refractivity contribution in [2.24, 2.45) is 0 Å². The van der Waals surface area contributed by atoms with Crippen molar-refractivity contribution in [1.82, 2.24) is 5.32 Å². The van der Waals surface area contributed by atoms with Crippen molar-refractivity contribution in [3.05, 3.63) is 0 Å². The highest BCUT2D eigenvalue weighted by Crippen LogP contribution is 2.30. The summed E-state index contributed by atoms with van der Waals surface area (Å²) in [6, 6.07) is 0. The summed E-state index contributed by atoms with van der Waals surface area (Å²) < 4.78 is 5.93. The van der Waals surface area contributed by atoms with Gasteiger partial charge in [-0.3, -0.25) is 0 Å². The molecule has 17 heavy (non-hydrogen) atoms. The molecule has 1 rings (SSSR count). The average Bonchev–Trinajstić information content (AvgIpc) is 2.12. The quantitative estimate of drug-likeness (QED) is 0.779. The van der Waals surface area contributed by atoms with Crippen LogP contribution in [0.2, 0.25) is 0 Å². The first-order valence-corrected chi connectivity index (χ1v) is 6.83. The fourth-order valence-corrected chi connectivity index (χ4v) is 2.92. The molecule has 0 aromatic heterocycles. The highest BCUT2D eigenvalue weighted by Gasteiger charge is 2.37. The topological polar surface area (TPSA) is 41.5 Å². The predicted molar refractivity (Wildman–Crippen MR) is 71.2 cm³/mol. The third-order valence-corrected chi connectivity index (χ3v) is 3.43. The van der Waals surface area contributed by atoms with Crippen LogP contribution in [-0.4, -0.2) is 35.0 Å². The van der Waals surface area contributed by atoms with Crippen LogP contribution in [0.1, 0.15) is 60.3 Å². The molecule has 1 atom stereocenters. The van der Waals surface area contributed by atoms with Gasteiger partial charge in [0.1, 0.15) is 0 Å². The zero-order valence-corrected chi connectivity index (χ0v) is 12.0. The van der Waals surface area contributed by atoms with Crippen molar-refractivity contribution in [2.75, 3.05) is 6.61 Å². The zero-order chi connectivity index (χ0) is 13.1. The predicted octanol–water partition coefficient (Wildman–Crippen LogP) is 2.47. The minimum absolute atomic E-state index is 0.135. The molecule has 3 heteroatoms. The van der Waals surface area contributed by atoms with E-state index >= 15 is 0 Å². The smallest absolute Gasteiger partial charge is 0.0609 e. The van der Waals surface area contributed by atoms with E-state index in [0.29, 0.717) is 12.7 Å². The fourth-order valence-electron chi connectivity index (χ4n) is 2.92. The number of piperidine rings is 1. The molecule has 0 aromatic rings. The summed E-state index contributed by atoms with van der Waals surface area (Å²) in [5.41, 5.74) is 0.269. The van der Waals surface area contributed by atoms with Crippen molar-refractivity contribution >= 4 is 0 Å². The van der Waals surface area contributed by atoms with Crippen molar-refractivity contribution < 1.29 is 9.84 Å². The summed E-state index contributed by atoms with van der Waals surface area (Å²) in [6.45, 7) is 11.6. The van der Waals surface area contributed by atoms with Crippen molar-refractivity contribution in [1.29, 1.82) is 0 Å². The molecule has 1 unspecified atom stereocenters. The minimum atomic E-state index is -0.210. The van der Waals surface area contributed by atoms with E-state index in [0.717, 1.165) is 25.7 Å². The van der Waals surface area contributed by atoms with E-state index in [2.05, 4.69) is 33.0 Å². The molecule has 1 aliphatic rings. The second-order valence-corrected chi connectivity index (χ2v) is 6.64. The molecule has 1 fully saturated rings. The maximum absolute atomic E-state index is 9.50. The number of aliphatic hydroxyl groups excluding tert-OH is 1. The highest BCUT2D eigenvalue weighted by atomic mass is 16.5. The Kier molecular flexibility index (Phi) is 4.99. The molecule has 0 amide bonds. The fraction of sp³-hybridized carbons (Fsp3) is 1.00. The van der Waals surface area contributed by atoms with E-state index in [1.165, 1.54) is 0 Å². The number of hydrogen-bond donors (Lipinski definition) is 2. The van der Waals surface area contributed by atoms with Crippen LogP contribution in [0.25, 0.3) is 0 Å². The first-order valence-electron chi connectivity index (χ1n) is 6.83. The molecular weight excluding hydrogens is 214 g/mol. The molecule has 0 spiro atoms. The van der Waals surface area contributed by atoms with Gasteiger partial charge in [-0.1, -0.05) is 6.92 Å². The van der Waals surface area contributed by atoms with Crippen LogP contribution < -0.4 is 5.32 Å². The lowest BCUT2D eigenvalue weighted by Crippen LogP contribution is -2.59. The Morgan fingerprint density at radius 1 is 1.24 bits per heavy atom. The Hall–Kier alpha value is -0.120. The van der Waals surface area contributed by atoms with Gasteiger partial charge >= 0.3 is 0 Å². The summed E-state index contributed by atoms with van der Waals surface area (Å²) in [6.07, 6.45) is 3.74. The molecule has 1 saturated heterocycles. The van der Waals surface area contributed by atoms with Gasteiger partial charge in [-0.2, -0.15) is 0 Å². The van der Waals surface area contributed by atoms with Crippen LogP contribution in [0, 0.1) is 0 Å². The number of ether oxygens (including phenoxy) is 1. The molecule has 0 aliphatic carbocycles. The second-order valence-electron chi connectivity index (χ2n) is 6.64. The maximum atomic E-state index is 9.50. The van der Waals surface area contributed by atoms with Crippen molar-refractivity contribution in [3.8, 4) is 0 Å². The van der Waals surface area contributed by atoms with E-state index < -0.39 is 0 Å². The van der Waals surface area contributed by atoms with Gasteiger partial charge in [0.05, 0.1) is 12.2 Å². The van der Waals surface area contributed by atoms with E-state index in [4.69, 9.17) is 4.74 Å². The van der Waals surface area contributed by atoms with Crippen LogP contribution in [0.4, 0.5) is 0 Å². The Bertz CT molecular complexity index is 222. The molecule has 0 aromatic carbocycles. The molecule has 102 valence electrons. The van der Waals surface area contributed by atoms with Crippen molar-refractivity contribution in [3.63, 3.8) is 0 Å². The molecule has 0 saturated carbocycles. The summed E-state index contributed by atoms with van der Waals surface area (Å²) in [7, 11) is 0. The van der Waals surface area contributed by atoms with Gasteiger partial charge in [-0.05, 0) is 53.4 Å². The third kappa shape index (κ3) is 5.36. The van der Waals surface area contributed by atoms with Gasteiger partial charge in [0.15, 0.2) is 0 Å². The Balaban J connectivity index is 2.38. The summed E-state index contributed by atoms with van der Waals surface area (Å²) >= 11 is 0. The van der Waals surface area contributed by atoms with Gasteiger partial charge in [0, 0.05) is 17.7 Å². The Morgan fingerprint density at radius 3 is 2.24 bits per heavy atom. The Labute approximate surface area is 106 Å². The van der Waals surface area contributed by atoms with Gasteiger partial charge in [-0.15, -0.1) is 0 Å². The first kappa shape index (κ1) is 14.9. The molecule has 3 nitrogen and oxygen atoms in total. The highest BCUT2D eigenvalue weighted by molar-refractivity contribution is 4.97. The van der Waals surface area contributed by atoms with E-state index in [-0.39, 0.29) is 17.2 Å². The molecule has 0 bridgehead atoms. The maximum Gasteiger partial charge on any atom is 0.0609 e. The largest absolute Gasteiger partial charge is 0.393 e. The van der Waals surface area contributed by atoms with E-state index in [1.807, 2.05) is 6.92 Å². The standard InChI is InChI=1S/C14H29NO2/c1-6-11(16)7-8-17-12-9-13(2,3)15-14(4,5)10-12/h11-12,15-16H,6-10H2,1-5H3. The number of rotatable bonds is 5. The van der Waals surface area contributed by atoms with Crippen LogP contribution >= 0.6 is 0 Å². The minimum Gasteiger partial charge on any atom is -0.393 e. The first-order chi connectivity index (χ1) is 7.74. The van der Waals surface area contributed by atoms with Crippen molar-refractivity contribution in [2.45, 2.75) is 83.6 Å². The number of hydrogen-bond acceptors (Lipinski definition) is 3. The molecule has 0 radical (unpaired) electrons. The molecular formula is C14H29NO2. The lowest BCUT2D eigenvalue weighted by Gasteiger charge is -2.46. The summed E-state index contributed by atoms with van der Waals surface area (Å²) in [5.74, 6) is 0. The van der Waals surface area contributed by atoms with E-state index in [1.54, 1.807) is 0 Å². The Morgan fingerprint density at radius 2 is 1.76 bits per heavy atom. The molecule has 1 heterocycles. The number of nitrogens with one attached hydrogen (secondary N) is 1. The second kappa shape index (κ2) is 5.68. The van der Waals surface area contributed by atoms with Gasteiger partial charge in [0.2, 0.25) is 0 Å². The lowest BCUT2D eigenvalue weighted by molar-refractivity contribution is -0.0317. The molecule has 1 aliphatic heterocycles. The third-order valence-electron chi connectivity index (χ3n) is 3.43. The summed E-state index contributed by atoms with van der Waals surface area (Å²) in [4.78, 5) is 0. The van der Waals surface area contributed by atoms with Crippen LogP contribution in [0.3, 0.4) is 0 Å². The van der Waals surface area contributed by atoms with Crippen LogP contribution in [0.5, 0.6) is 0 Å². The van der Waals surface area contributed by atoms with Gasteiger partial charge < -0.3 is 15.2 Å². The zero-order valence-electron chi connectivity index (χ0n) is 12.0. The monoisotopic (exact) mass is 243 g/mol. The van der Waals surface area contributed by atoms with Crippen LogP contribution in [-0.2, 0) is 4.74 Å². The number of aliphatic hydroxyl groups is 1. The lowest BCUT2D eigenvalue weighted by atomic mass is 9.81. The van der Waals surface area contributed by atoms with E-state index in [9.17, 15) is 5.11 Å². The SMILES string of the molecule is CCC(O)CCOC1CC(C)(C)NC(C)(C)C1.